The number of hydrogen-bond acceptors (Lipinski definition) is 5. The molecular formula is C18H19ClN4O2. The maximum Gasteiger partial charge on any atom is 0.332 e. The third kappa shape index (κ3) is 3.49. The summed E-state index contributed by atoms with van der Waals surface area (Å²) in [5.74, 6) is 0.416. The predicted octanol–water partition coefficient (Wildman–Crippen LogP) is 4.33. The Hall–Kier alpha value is -2.47. The average Bonchev–Trinajstić information content (AvgIpc) is 3.09. The van der Waals surface area contributed by atoms with Gasteiger partial charge in [-0.3, -0.25) is 10.1 Å². The highest BCUT2D eigenvalue weighted by molar-refractivity contribution is 6.31. The van der Waals surface area contributed by atoms with E-state index in [-0.39, 0.29) is 16.5 Å². The monoisotopic (exact) mass is 358 g/mol. The summed E-state index contributed by atoms with van der Waals surface area (Å²) in [4.78, 5) is 21.6. The Bertz CT molecular complexity index is 830. The second-order valence-corrected chi connectivity index (χ2v) is 6.41. The van der Waals surface area contributed by atoms with E-state index in [0.717, 1.165) is 42.8 Å². The molecule has 0 radical (unpaired) electrons. The number of benzene rings is 1. The Balaban J connectivity index is 2.26. The largest absolute Gasteiger partial charge is 0.371 e. The summed E-state index contributed by atoms with van der Waals surface area (Å²) in [6.07, 6.45) is 2.21. The summed E-state index contributed by atoms with van der Waals surface area (Å²) in [5.41, 5.74) is 2.77. The number of likely N-dealkylation sites (tertiary alicyclic amines) is 1. The highest BCUT2D eigenvalue weighted by atomic mass is 35.5. The van der Waals surface area contributed by atoms with Crippen LogP contribution in [0.2, 0.25) is 5.15 Å². The lowest BCUT2D eigenvalue weighted by atomic mass is 10.0. The number of aryl methyl sites for hydroxylation is 1. The zero-order chi connectivity index (χ0) is 18.0. The van der Waals surface area contributed by atoms with Crippen molar-refractivity contribution >= 4 is 28.6 Å². The summed E-state index contributed by atoms with van der Waals surface area (Å²) < 4.78 is 0. The van der Waals surface area contributed by atoms with Crippen molar-refractivity contribution in [1.82, 2.24) is 14.9 Å². The van der Waals surface area contributed by atoms with Crippen molar-refractivity contribution in [3.63, 3.8) is 0 Å². The Morgan fingerprint density at radius 2 is 1.84 bits per heavy atom. The molecule has 2 aromatic rings. The molecule has 0 aliphatic carbocycles. The van der Waals surface area contributed by atoms with Crippen LogP contribution in [0.3, 0.4) is 0 Å². The van der Waals surface area contributed by atoms with E-state index in [1.807, 2.05) is 37.3 Å². The zero-order valence-electron chi connectivity index (χ0n) is 14.2. The smallest absolute Gasteiger partial charge is 0.332 e. The first-order valence-corrected chi connectivity index (χ1v) is 8.57. The number of allylic oxidation sites excluding steroid dienone is 1. The lowest BCUT2D eigenvalue weighted by Gasteiger charge is -2.24. The Morgan fingerprint density at radius 3 is 2.44 bits per heavy atom. The fourth-order valence-corrected chi connectivity index (χ4v) is 3.52. The molecule has 1 aliphatic rings. The van der Waals surface area contributed by atoms with E-state index in [1.165, 1.54) is 0 Å². The molecule has 0 saturated carbocycles. The lowest BCUT2D eigenvalue weighted by molar-refractivity contribution is -0.385. The van der Waals surface area contributed by atoms with Crippen molar-refractivity contribution in [3.8, 4) is 0 Å². The van der Waals surface area contributed by atoms with Gasteiger partial charge in [-0.2, -0.15) is 0 Å². The Morgan fingerprint density at radius 1 is 1.20 bits per heavy atom. The van der Waals surface area contributed by atoms with Crippen LogP contribution in [0.5, 0.6) is 0 Å². The van der Waals surface area contributed by atoms with Crippen LogP contribution in [0.1, 0.15) is 36.8 Å². The van der Waals surface area contributed by atoms with Crippen LogP contribution >= 0.6 is 11.6 Å². The first-order chi connectivity index (χ1) is 12.0. The van der Waals surface area contributed by atoms with Crippen molar-refractivity contribution < 1.29 is 4.92 Å². The molecule has 1 aromatic heterocycles. The van der Waals surface area contributed by atoms with Crippen LogP contribution in [0.25, 0.3) is 11.3 Å². The highest BCUT2D eigenvalue weighted by Crippen LogP contribution is 2.36. The van der Waals surface area contributed by atoms with Crippen LogP contribution in [0.4, 0.5) is 5.69 Å². The van der Waals surface area contributed by atoms with Gasteiger partial charge in [-0.1, -0.05) is 41.9 Å². The Labute approximate surface area is 151 Å². The summed E-state index contributed by atoms with van der Waals surface area (Å²) >= 11 is 6.06. The normalized spacial score (nSPS) is 15.2. The van der Waals surface area contributed by atoms with Gasteiger partial charge in [0, 0.05) is 24.4 Å². The number of rotatable bonds is 4. The van der Waals surface area contributed by atoms with Crippen molar-refractivity contribution in [2.24, 2.45) is 0 Å². The molecular weight excluding hydrogens is 340 g/mol. The van der Waals surface area contributed by atoms with Crippen LogP contribution < -0.4 is 0 Å². The molecule has 0 spiro atoms. The maximum atomic E-state index is 11.5. The Kier molecular flexibility index (Phi) is 4.99. The van der Waals surface area contributed by atoms with Crippen molar-refractivity contribution in [3.05, 3.63) is 62.7 Å². The average molecular weight is 359 g/mol. The molecule has 0 bridgehead atoms. The van der Waals surface area contributed by atoms with E-state index < -0.39 is 4.92 Å². The molecule has 6 nitrogen and oxygen atoms in total. The molecule has 7 heteroatoms. The molecule has 2 heterocycles. The molecule has 1 aromatic carbocycles. The van der Waals surface area contributed by atoms with Gasteiger partial charge in [0.05, 0.1) is 4.92 Å². The van der Waals surface area contributed by atoms with Crippen molar-refractivity contribution in [2.45, 2.75) is 26.7 Å². The van der Waals surface area contributed by atoms with Gasteiger partial charge in [0.25, 0.3) is 0 Å². The van der Waals surface area contributed by atoms with Gasteiger partial charge in [0.2, 0.25) is 5.15 Å². The van der Waals surface area contributed by atoms with E-state index in [2.05, 4.69) is 14.9 Å². The van der Waals surface area contributed by atoms with Crippen LogP contribution in [0, 0.1) is 17.0 Å². The third-order valence-electron chi connectivity index (χ3n) is 4.32. The molecule has 0 unspecified atom stereocenters. The quantitative estimate of drug-likeness (QED) is 0.462. The first-order valence-electron chi connectivity index (χ1n) is 8.19. The number of halogens is 1. The van der Waals surface area contributed by atoms with E-state index in [9.17, 15) is 10.1 Å². The molecule has 1 fully saturated rings. The molecule has 1 aliphatic heterocycles. The predicted molar refractivity (Wildman–Crippen MR) is 98.2 cm³/mol. The maximum absolute atomic E-state index is 11.5. The zero-order valence-corrected chi connectivity index (χ0v) is 15.0. The van der Waals surface area contributed by atoms with Crippen molar-refractivity contribution in [2.75, 3.05) is 13.1 Å². The number of nitro groups is 1. The summed E-state index contributed by atoms with van der Waals surface area (Å²) in [6.45, 7) is 5.40. The van der Waals surface area contributed by atoms with E-state index >= 15 is 0 Å². The third-order valence-corrected chi connectivity index (χ3v) is 4.58. The van der Waals surface area contributed by atoms with Gasteiger partial charge in [-0.05, 0) is 32.3 Å². The van der Waals surface area contributed by atoms with Crippen LogP contribution in [-0.4, -0.2) is 32.9 Å². The van der Waals surface area contributed by atoms with Gasteiger partial charge in [-0.15, -0.1) is 0 Å². The standard InChI is InChI=1S/C18H19ClN4O2/c1-12(15-17(23(24)25)18(19)21-13(2)20-15)16(22-10-6-7-11-22)14-8-4-3-5-9-14/h3-5,8-9H,6-7,10-11H2,1-2H3/b16-12-. The fraction of sp³-hybridized carbons (Fsp3) is 0.333. The molecule has 0 N–H and O–H groups in total. The molecule has 130 valence electrons. The molecule has 0 amide bonds. The first kappa shape index (κ1) is 17.4. The molecule has 1 saturated heterocycles. The number of hydrogen-bond donors (Lipinski definition) is 0. The van der Waals surface area contributed by atoms with E-state index in [1.54, 1.807) is 6.92 Å². The topological polar surface area (TPSA) is 72.2 Å². The molecule has 0 atom stereocenters. The lowest BCUT2D eigenvalue weighted by Crippen LogP contribution is -2.19. The fourth-order valence-electron chi connectivity index (χ4n) is 3.24. The van der Waals surface area contributed by atoms with Crippen molar-refractivity contribution in [1.29, 1.82) is 0 Å². The second-order valence-electron chi connectivity index (χ2n) is 6.05. The van der Waals surface area contributed by atoms with Gasteiger partial charge < -0.3 is 4.90 Å². The van der Waals surface area contributed by atoms with E-state index in [4.69, 9.17) is 11.6 Å². The summed E-state index contributed by atoms with van der Waals surface area (Å²) in [7, 11) is 0. The summed E-state index contributed by atoms with van der Waals surface area (Å²) in [5, 5.41) is 11.4. The van der Waals surface area contributed by atoms with Crippen LogP contribution in [0.15, 0.2) is 30.3 Å². The molecule has 3 rings (SSSR count). The minimum absolute atomic E-state index is 0.124. The van der Waals surface area contributed by atoms with Gasteiger partial charge in [0.1, 0.15) is 5.82 Å². The highest BCUT2D eigenvalue weighted by Gasteiger charge is 2.28. The SMILES string of the molecule is C/C(=C(\c1ccccc1)N1CCCC1)c1nc(C)nc(Cl)c1[N+](=O)[O-]. The second kappa shape index (κ2) is 7.19. The van der Waals surface area contributed by atoms with E-state index in [0.29, 0.717) is 5.82 Å². The minimum atomic E-state index is -0.507. The minimum Gasteiger partial charge on any atom is -0.371 e. The number of nitrogens with zero attached hydrogens (tertiary/aromatic N) is 4. The van der Waals surface area contributed by atoms with Crippen LogP contribution in [-0.2, 0) is 0 Å². The molecule has 25 heavy (non-hydrogen) atoms. The number of aromatic nitrogens is 2. The van der Waals surface area contributed by atoms with Gasteiger partial charge in [0.15, 0.2) is 5.69 Å². The van der Waals surface area contributed by atoms with Gasteiger partial charge >= 0.3 is 5.69 Å². The summed E-state index contributed by atoms with van der Waals surface area (Å²) in [6, 6.07) is 9.91. The van der Waals surface area contributed by atoms with Gasteiger partial charge in [-0.25, -0.2) is 9.97 Å².